The Morgan fingerprint density at radius 2 is 1.76 bits per heavy atom. The van der Waals surface area contributed by atoms with E-state index < -0.39 is 0 Å². The highest BCUT2D eigenvalue weighted by atomic mass is 32.1. The number of nitrogens with zero attached hydrogens (tertiary/aromatic N) is 2. The first kappa shape index (κ1) is 16.2. The molecule has 0 atom stereocenters. The minimum atomic E-state index is 1.03. The van der Waals surface area contributed by atoms with Crippen LogP contribution in [-0.2, 0) is 19.5 Å². The second-order valence-corrected chi connectivity index (χ2v) is 6.80. The van der Waals surface area contributed by atoms with Crippen LogP contribution in [0.2, 0.25) is 0 Å². The van der Waals surface area contributed by atoms with E-state index in [1.807, 2.05) is 11.3 Å². The lowest BCUT2D eigenvalue weighted by atomic mass is 10.1. The van der Waals surface area contributed by atoms with Gasteiger partial charge in [0.15, 0.2) is 0 Å². The Kier molecular flexibility index (Phi) is 6.43. The van der Waals surface area contributed by atoms with Crippen LogP contribution in [0.4, 0.5) is 0 Å². The van der Waals surface area contributed by atoms with Crippen molar-refractivity contribution in [2.75, 3.05) is 27.2 Å². The quantitative estimate of drug-likeness (QED) is 0.730. The molecule has 2 nitrogen and oxygen atoms in total. The molecule has 2 rings (SSSR count). The van der Waals surface area contributed by atoms with Crippen molar-refractivity contribution in [2.45, 2.75) is 26.4 Å². The van der Waals surface area contributed by atoms with Crippen molar-refractivity contribution in [3.8, 4) is 0 Å². The van der Waals surface area contributed by atoms with E-state index in [-0.39, 0.29) is 0 Å². The van der Waals surface area contributed by atoms with Gasteiger partial charge in [-0.15, -0.1) is 11.3 Å². The molecule has 114 valence electrons. The molecule has 0 N–H and O–H groups in total. The second-order valence-electron chi connectivity index (χ2n) is 5.77. The summed E-state index contributed by atoms with van der Waals surface area (Å²) in [6.07, 6.45) is 1.11. The normalized spacial score (nSPS) is 11.5. The summed E-state index contributed by atoms with van der Waals surface area (Å²) >= 11 is 1.85. The smallest absolute Gasteiger partial charge is 0.0331 e. The molecule has 0 fully saturated rings. The van der Waals surface area contributed by atoms with Crippen molar-refractivity contribution < 1.29 is 0 Å². The van der Waals surface area contributed by atoms with E-state index in [9.17, 15) is 0 Å². The van der Waals surface area contributed by atoms with Gasteiger partial charge in [-0.05, 0) is 43.1 Å². The number of hydrogen-bond acceptors (Lipinski definition) is 3. The van der Waals surface area contributed by atoms with Crippen LogP contribution in [-0.4, -0.2) is 37.0 Å². The predicted octanol–water partition coefficient (Wildman–Crippen LogP) is 3.87. The van der Waals surface area contributed by atoms with Crippen molar-refractivity contribution in [1.29, 1.82) is 0 Å². The third-order valence-electron chi connectivity index (χ3n) is 3.63. The summed E-state index contributed by atoms with van der Waals surface area (Å²) in [5.74, 6) is 0. The second kappa shape index (κ2) is 8.32. The summed E-state index contributed by atoms with van der Waals surface area (Å²) in [7, 11) is 4.28. The number of aryl methyl sites for hydroxylation is 1. The summed E-state index contributed by atoms with van der Waals surface area (Å²) in [5.41, 5.74) is 2.85. The molecule has 3 heteroatoms. The SMILES string of the molecule is CCc1cccc(CN(CCN(C)C)Cc2cccs2)c1. The van der Waals surface area contributed by atoms with E-state index in [2.05, 4.69) is 72.6 Å². The molecule has 0 amide bonds. The topological polar surface area (TPSA) is 6.48 Å². The Balaban J connectivity index is 2.02. The van der Waals surface area contributed by atoms with Gasteiger partial charge >= 0.3 is 0 Å². The van der Waals surface area contributed by atoms with Gasteiger partial charge in [-0.3, -0.25) is 4.90 Å². The minimum absolute atomic E-state index is 1.03. The lowest BCUT2D eigenvalue weighted by Crippen LogP contribution is -2.30. The van der Waals surface area contributed by atoms with Crippen LogP contribution in [0.15, 0.2) is 41.8 Å². The Bertz CT molecular complexity index is 520. The zero-order chi connectivity index (χ0) is 15.1. The number of benzene rings is 1. The van der Waals surface area contributed by atoms with E-state index >= 15 is 0 Å². The van der Waals surface area contributed by atoms with E-state index in [1.165, 1.54) is 16.0 Å². The molecule has 0 spiro atoms. The van der Waals surface area contributed by atoms with Gasteiger partial charge in [-0.25, -0.2) is 0 Å². The lowest BCUT2D eigenvalue weighted by molar-refractivity contribution is 0.228. The molecule has 0 saturated heterocycles. The van der Waals surface area contributed by atoms with Crippen LogP contribution in [0.1, 0.15) is 22.9 Å². The maximum Gasteiger partial charge on any atom is 0.0331 e. The van der Waals surface area contributed by atoms with Gasteiger partial charge in [-0.2, -0.15) is 0 Å². The number of likely N-dealkylation sites (N-methyl/N-ethyl adjacent to an activating group) is 1. The van der Waals surface area contributed by atoms with Crippen LogP contribution in [0.5, 0.6) is 0 Å². The first-order valence-corrected chi connectivity index (χ1v) is 8.52. The highest BCUT2D eigenvalue weighted by Gasteiger charge is 2.09. The van der Waals surface area contributed by atoms with Crippen LogP contribution >= 0.6 is 11.3 Å². The molecule has 0 aliphatic carbocycles. The predicted molar refractivity (Wildman–Crippen MR) is 92.8 cm³/mol. The summed E-state index contributed by atoms with van der Waals surface area (Å²) in [6.45, 7) is 6.48. The average Bonchev–Trinajstić information content (AvgIpc) is 2.98. The Labute approximate surface area is 133 Å². The third kappa shape index (κ3) is 5.62. The fourth-order valence-electron chi connectivity index (χ4n) is 2.38. The number of rotatable bonds is 8. The summed E-state index contributed by atoms with van der Waals surface area (Å²) in [4.78, 5) is 6.24. The van der Waals surface area contributed by atoms with Crippen molar-refractivity contribution in [3.63, 3.8) is 0 Å². The maximum absolute atomic E-state index is 2.54. The van der Waals surface area contributed by atoms with Crippen LogP contribution in [0.25, 0.3) is 0 Å². The largest absolute Gasteiger partial charge is 0.308 e. The van der Waals surface area contributed by atoms with Crippen molar-refractivity contribution in [2.24, 2.45) is 0 Å². The molecule has 0 aliphatic heterocycles. The van der Waals surface area contributed by atoms with E-state index in [1.54, 1.807) is 0 Å². The van der Waals surface area contributed by atoms with Crippen molar-refractivity contribution in [1.82, 2.24) is 9.80 Å². The minimum Gasteiger partial charge on any atom is -0.308 e. The van der Waals surface area contributed by atoms with Crippen molar-refractivity contribution in [3.05, 3.63) is 57.8 Å². The Hall–Kier alpha value is -1.16. The molecule has 1 aromatic heterocycles. The van der Waals surface area contributed by atoms with Gasteiger partial charge in [0.1, 0.15) is 0 Å². The number of thiophene rings is 1. The van der Waals surface area contributed by atoms with Crippen molar-refractivity contribution >= 4 is 11.3 Å². The van der Waals surface area contributed by atoms with Crippen LogP contribution in [0, 0.1) is 0 Å². The molecule has 0 unspecified atom stereocenters. The highest BCUT2D eigenvalue weighted by molar-refractivity contribution is 7.09. The summed E-state index contributed by atoms with van der Waals surface area (Å²) < 4.78 is 0. The standard InChI is InChI=1S/C18H26N2S/c1-4-16-7-5-8-17(13-16)14-20(11-10-19(2)3)15-18-9-6-12-21-18/h5-9,12-13H,4,10-11,14-15H2,1-3H3. The molecule has 0 radical (unpaired) electrons. The first-order valence-electron chi connectivity index (χ1n) is 7.64. The first-order chi connectivity index (χ1) is 10.2. The third-order valence-corrected chi connectivity index (χ3v) is 4.49. The Morgan fingerprint density at radius 3 is 2.43 bits per heavy atom. The fraction of sp³-hybridized carbons (Fsp3) is 0.444. The zero-order valence-corrected chi connectivity index (χ0v) is 14.2. The summed E-state index contributed by atoms with van der Waals surface area (Å²) in [5, 5.41) is 2.16. The number of hydrogen-bond donors (Lipinski definition) is 0. The van der Waals surface area contributed by atoms with Gasteiger partial charge in [0.2, 0.25) is 0 Å². The van der Waals surface area contributed by atoms with Gasteiger partial charge in [0.25, 0.3) is 0 Å². The lowest BCUT2D eigenvalue weighted by Gasteiger charge is -2.24. The molecule has 0 saturated carbocycles. The van der Waals surface area contributed by atoms with Gasteiger partial charge in [0.05, 0.1) is 0 Å². The molecule has 0 bridgehead atoms. The monoisotopic (exact) mass is 302 g/mol. The van der Waals surface area contributed by atoms with Crippen LogP contribution < -0.4 is 0 Å². The molecular formula is C18H26N2S. The van der Waals surface area contributed by atoms with Gasteiger partial charge in [0, 0.05) is 31.1 Å². The van der Waals surface area contributed by atoms with E-state index in [0.717, 1.165) is 32.6 Å². The van der Waals surface area contributed by atoms with Gasteiger partial charge in [-0.1, -0.05) is 37.3 Å². The molecule has 1 aromatic carbocycles. The maximum atomic E-state index is 2.54. The molecule has 2 aromatic rings. The molecule has 1 heterocycles. The van der Waals surface area contributed by atoms with E-state index in [0.29, 0.717) is 0 Å². The van der Waals surface area contributed by atoms with Gasteiger partial charge < -0.3 is 4.90 Å². The zero-order valence-electron chi connectivity index (χ0n) is 13.4. The molecule has 0 aliphatic rings. The van der Waals surface area contributed by atoms with Crippen LogP contribution in [0.3, 0.4) is 0 Å². The molecule has 21 heavy (non-hydrogen) atoms. The molecular weight excluding hydrogens is 276 g/mol. The fourth-order valence-corrected chi connectivity index (χ4v) is 3.13. The Morgan fingerprint density at radius 1 is 0.952 bits per heavy atom. The highest BCUT2D eigenvalue weighted by Crippen LogP contribution is 2.15. The van der Waals surface area contributed by atoms with E-state index in [4.69, 9.17) is 0 Å². The average molecular weight is 302 g/mol. The summed E-state index contributed by atoms with van der Waals surface area (Å²) in [6, 6.07) is 13.4.